The fourth-order valence-corrected chi connectivity index (χ4v) is 1.71. The fourth-order valence-electron chi connectivity index (χ4n) is 1.71. The number of ether oxygens (including phenoxy) is 3. The molecule has 4 nitrogen and oxygen atoms in total. The van der Waals surface area contributed by atoms with Gasteiger partial charge in [-0.15, -0.1) is 6.58 Å². The summed E-state index contributed by atoms with van der Waals surface area (Å²) in [4.78, 5) is 0. The second kappa shape index (κ2) is 5.85. The van der Waals surface area contributed by atoms with E-state index in [0.717, 1.165) is 6.42 Å². The second-order valence-electron chi connectivity index (χ2n) is 4.34. The predicted octanol–water partition coefficient (Wildman–Crippen LogP) is 2.52. The molecule has 1 rings (SSSR count). The first kappa shape index (κ1) is 13.8. The zero-order valence-corrected chi connectivity index (χ0v) is 10.6. The van der Waals surface area contributed by atoms with E-state index in [1.54, 1.807) is 12.3 Å². The standard InChI is InChI=1S/C13H19NO3/c1-5-10(15-9-14)7-8-12-11(6-2)16-13(3,4)17-12/h6-8,10-12H,2,5H2,1,3-4H3/t10-,11-,12-/m0/s1. The van der Waals surface area contributed by atoms with Crippen LogP contribution in [0.15, 0.2) is 24.8 Å². The van der Waals surface area contributed by atoms with Crippen LogP contribution in [0.2, 0.25) is 0 Å². The summed E-state index contributed by atoms with van der Waals surface area (Å²) in [5.74, 6) is -0.605. The molecule has 0 saturated carbocycles. The van der Waals surface area contributed by atoms with E-state index in [-0.39, 0.29) is 18.3 Å². The van der Waals surface area contributed by atoms with Crippen LogP contribution in [0.3, 0.4) is 0 Å². The molecule has 0 spiro atoms. The molecule has 0 aromatic rings. The molecule has 94 valence electrons. The summed E-state index contributed by atoms with van der Waals surface area (Å²) in [6.07, 6.45) is 7.28. The first-order valence-corrected chi connectivity index (χ1v) is 5.73. The number of nitrogens with zero attached hydrogens (tertiary/aromatic N) is 1. The maximum absolute atomic E-state index is 8.46. The van der Waals surface area contributed by atoms with Crippen LogP contribution >= 0.6 is 0 Å². The molecule has 3 atom stereocenters. The summed E-state index contributed by atoms with van der Waals surface area (Å²) in [6.45, 7) is 9.39. The minimum Gasteiger partial charge on any atom is -0.420 e. The van der Waals surface area contributed by atoms with Crippen LogP contribution in [0.1, 0.15) is 27.2 Å². The highest BCUT2D eigenvalue weighted by atomic mass is 16.7. The molecule has 1 aliphatic heterocycles. The van der Waals surface area contributed by atoms with E-state index < -0.39 is 5.79 Å². The third-order valence-electron chi connectivity index (χ3n) is 2.52. The van der Waals surface area contributed by atoms with Gasteiger partial charge in [-0.1, -0.05) is 19.1 Å². The van der Waals surface area contributed by atoms with Crippen LogP contribution in [0, 0.1) is 11.5 Å². The molecule has 1 aliphatic rings. The molecular weight excluding hydrogens is 218 g/mol. The van der Waals surface area contributed by atoms with Gasteiger partial charge >= 0.3 is 0 Å². The number of hydrogen-bond acceptors (Lipinski definition) is 4. The molecular formula is C13H19NO3. The van der Waals surface area contributed by atoms with Gasteiger partial charge in [0.25, 0.3) is 6.26 Å². The van der Waals surface area contributed by atoms with Gasteiger partial charge in [0.2, 0.25) is 0 Å². The monoisotopic (exact) mass is 237 g/mol. The Morgan fingerprint density at radius 1 is 1.47 bits per heavy atom. The third-order valence-corrected chi connectivity index (χ3v) is 2.52. The highest BCUT2D eigenvalue weighted by Gasteiger charge is 2.38. The topological polar surface area (TPSA) is 51.5 Å². The van der Waals surface area contributed by atoms with E-state index >= 15 is 0 Å². The molecule has 1 heterocycles. The molecule has 4 heteroatoms. The molecule has 0 aromatic carbocycles. The molecule has 0 aliphatic carbocycles. The first-order valence-electron chi connectivity index (χ1n) is 5.73. The van der Waals surface area contributed by atoms with Crippen LogP contribution in [-0.2, 0) is 14.2 Å². The minimum atomic E-state index is -0.605. The van der Waals surface area contributed by atoms with Gasteiger partial charge in [0.1, 0.15) is 18.3 Å². The van der Waals surface area contributed by atoms with E-state index in [0.29, 0.717) is 0 Å². The lowest BCUT2D eigenvalue weighted by Gasteiger charge is -2.15. The van der Waals surface area contributed by atoms with Crippen molar-refractivity contribution in [3.05, 3.63) is 24.8 Å². The van der Waals surface area contributed by atoms with Crippen molar-refractivity contribution in [3.63, 3.8) is 0 Å². The Kier molecular flexibility index (Phi) is 4.73. The van der Waals surface area contributed by atoms with Crippen LogP contribution in [-0.4, -0.2) is 24.1 Å². The Bertz CT molecular complexity index is 330. The molecule has 1 fully saturated rings. The van der Waals surface area contributed by atoms with E-state index in [1.165, 1.54) is 0 Å². The number of rotatable bonds is 5. The Balaban J connectivity index is 2.64. The average Bonchev–Trinajstić information content (AvgIpc) is 2.59. The van der Waals surface area contributed by atoms with Gasteiger partial charge in [0, 0.05) is 0 Å². The van der Waals surface area contributed by atoms with Crippen molar-refractivity contribution < 1.29 is 14.2 Å². The van der Waals surface area contributed by atoms with Crippen LogP contribution in [0.25, 0.3) is 0 Å². The molecule has 0 amide bonds. The van der Waals surface area contributed by atoms with Crippen molar-refractivity contribution in [1.29, 1.82) is 5.26 Å². The van der Waals surface area contributed by atoms with Gasteiger partial charge in [0.15, 0.2) is 5.79 Å². The van der Waals surface area contributed by atoms with Crippen LogP contribution in [0.5, 0.6) is 0 Å². The molecule has 0 N–H and O–H groups in total. The summed E-state index contributed by atoms with van der Waals surface area (Å²) >= 11 is 0. The lowest BCUT2D eigenvalue weighted by molar-refractivity contribution is -0.139. The Morgan fingerprint density at radius 3 is 2.65 bits per heavy atom. The first-order chi connectivity index (χ1) is 8.02. The molecule has 17 heavy (non-hydrogen) atoms. The summed E-state index contributed by atoms with van der Waals surface area (Å²) in [5, 5.41) is 8.46. The normalized spacial score (nSPS) is 28.8. The van der Waals surface area contributed by atoms with Gasteiger partial charge in [0.05, 0.1) is 0 Å². The Hall–Kier alpha value is -1.31. The zero-order valence-electron chi connectivity index (χ0n) is 10.6. The fraction of sp³-hybridized carbons (Fsp3) is 0.615. The minimum absolute atomic E-state index is 0.166. The molecule has 0 aromatic heterocycles. The summed E-state index contributed by atoms with van der Waals surface area (Å²) in [7, 11) is 0. The smallest absolute Gasteiger partial charge is 0.286 e. The third kappa shape index (κ3) is 3.88. The van der Waals surface area contributed by atoms with E-state index in [9.17, 15) is 0 Å². The summed E-state index contributed by atoms with van der Waals surface area (Å²) < 4.78 is 16.2. The Morgan fingerprint density at radius 2 is 2.12 bits per heavy atom. The van der Waals surface area contributed by atoms with Crippen molar-refractivity contribution in [2.24, 2.45) is 0 Å². The van der Waals surface area contributed by atoms with E-state index in [1.807, 2.05) is 32.9 Å². The van der Waals surface area contributed by atoms with Gasteiger partial charge in [-0.2, -0.15) is 5.26 Å². The average molecular weight is 237 g/mol. The molecule has 0 bridgehead atoms. The van der Waals surface area contributed by atoms with Crippen molar-refractivity contribution in [2.45, 2.75) is 51.3 Å². The van der Waals surface area contributed by atoms with Gasteiger partial charge in [-0.05, 0) is 26.3 Å². The maximum Gasteiger partial charge on any atom is 0.286 e. The van der Waals surface area contributed by atoms with Crippen LogP contribution in [0.4, 0.5) is 0 Å². The van der Waals surface area contributed by atoms with E-state index in [4.69, 9.17) is 19.5 Å². The number of hydrogen-bond donors (Lipinski definition) is 0. The lowest BCUT2D eigenvalue weighted by Crippen LogP contribution is -2.21. The van der Waals surface area contributed by atoms with Crippen molar-refractivity contribution >= 4 is 0 Å². The highest BCUT2D eigenvalue weighted by Crippen LogP contribution is 2.29. The predicted molar refractivity (Wildman–Crippen MR) is 63.9 cm³/mol. The molecule has 0 unspecified atom stereocenters. The highest BCUT2D eigenvalue weighted by molar-refractivity contribution is 5.05. The van der Waals surface area contributed by atoms with Gasteiger partial charge in [-0.3, -0.25) is 0 Å². The SMILES string of the molecule is C=C[C@@H]1OC(C)(C)O[C@H]1C=C[C@H](CC)OC#N. The quantitative estimate of drug-likeness (QED) is 0.544. The molecule has 0 radical (unpaired) electrons. The Labute approximate surface area is 102 Å². The maximum atomic E-state index is 8.46. The number of nitriles is 1. The van der Waals surface area contributed by atoms with Crippen molar-refractivity contribution in [3.8, 4) is 6.26 Å². The van der Waals surface area contributed by atoms with Crippen LogP contribution < -0.4 is 0 Å². The second-order valence-corrected chi connectivity index (χ2v) is 4.34. The van der Waals surface area contributed by atoms with Gasteiger partial charge < -0.3 is 14.2 Å². The molecule has 1 saturated heterocycles. The summed E-state index contributed by atoms with van der Waals surface area (Å²) in [6, 6.07) is 0. The van der Waals surface area contributed by atoms with E-state index in [2.05, 4.69) is 6.58 Å². The van der Waals surface area contributed by atoms with Crippen molar-refractivity contribution in [1.82, 2.24) is 0 Å². The largest absolute Gasteiger partial charge is 0.420 e. The zero-order chi connectivity index (χ0) is 12.9. The lowest BCUT2D eigenvalue weighted by atomic mass is 10.1. The summed E-state index contributed by atoms with van der Waals surface area (Å²) in [5.41, 5.74) is 0. The van der Waals surface area contributed by atoms with Gasteiger partial charge in [-0.25, -0.2) is 0 Å². The van der Waals surface area contributed by atoms with Crippen molar-refractivity contribution in [2.75, 3.05) is 0 Å².